The van der Waals surface area contributed by atoms with E-state index >= 15 is 0 Å². The van der Waals surface area contributed by atoms with Crippen LogP contribution in [0.5, 0.6) is 0 Å². The number of hydrogen-bond acceptors (Lipinski definition) is 4. The molecule has 128 valence electrons. The molecule has 0 aromatic rings. The molecular weight excluding hydrogens is 318 g/mol. The summed E-state index contributed by atoms with van der Waals surface area (Å²) in [5.74, 6) is -5.57. The first kappa shape index (κ1) is 19.9. The van der Waals surface area contributed by atoms with Crippen LogP contribution in [0, 0.1) is 5.92 Å². The number of carbonyl (C=O) groups excluding carboxylic acids is 1. The Balaban J connectivity index is 4.95. The van der Waals surface area contributed by atoms with Gasteiger partial charge in [-0.2, -0.15) is 13.2 Å². The maximum absolute atomic E-state index is 12.9. The summed E-state index contributed by atoms with van der Waals surface area (Å²) in [6.07, 6.45) is -8.55. The Morgan fingerprint density at radius 2 is 1.77 bits per heavy atom. The highest BCUT2D eigenvalue weighted by atomic mass is 19.4. The van der Waals surface area contributed by atoms with E-state index in [1.54, 1.807) is 0 Å². The van der Waals surface area contributed by atoms with Crippen molar-refractivity contribution in [2.75, 3.05) is 13.3 Å². The molecule has 1 amide bonds. The second-order valence-electron chi connectivity index (χ2n) is 4.22. The van der Waals surface area contributed by atoms with E-state index in [-0.39, 0.29) is 6.42 Å². The molecule has 11 heteroatoms. The minimum absolute atomic E-state index is 0.217. The van der Waals surface area contributed by atoms with Crippen molar-refractivity contribution in [1.29, 1.82) is 0 Å². The van der Waals surface area contributed by atoms with Crippen LogP contribution in [-0.2, 0) is 14.3 Å². The Bertz CT molecular complexity index is 401. The lowest BCUT2D eigenvalue weighted by molar-refractivity contribution is -0.179. The third kappa shape index (κ3) is 7.64. The fourth-order valence-corrected chi connectivity index (χ4v) is 1.51. The van der Waals surface area contributed by atoms with Gasteiger partial charge in [-0.15, -0.1) is 0 Å². The van der Waals surface area contributed by atoms with Crippen molar-refractivity contribution in [1.82, 2.24) is 5.32 Å². The van der Waals surface area contributed by atoms with Gasteiger partial charge in [0.05, 0.1) is 19.2 Å². The lowest BCUT2D eigenvalue weighted by Crippen LogP contribution is -2.52. The number of hydrogen-bond donors (Lipinski definition) is 3. The zero-order chi connectivity index (χ0) is 17.3. The number of carboxylic acids is 2. The van der Waals surface area contributed by atoms with Gasteiger partial charge in [0.2, 0.25) is 0 Å². The Labute approximate surface area is 122 Å². The predicted octanol–water partition coefficient (Wildman–Crippen LogP) is 1.57. The number of rotatable bonds is 9. The number of ether oxygens (including phenoxy) is 1. The van der Waals surface area contributed by atoms with Gasteiger partial charge in [-0.25, -0.2) is 4.79 Å². The monoisotopic (exact) mass is 333 g/mol. The smallest absolute Gasteiger partial charge is 0.409 e. The molecule has 0 aliphatic heterocycles. The van der Waals surface area contributed by atoms with Crippen LogP contribution in [0.1, 0.15) is 19.3 Å². The van der Waals surface area contributed by atoms with Gasteiger partial charge in [0.1, 0.15) is 6.04 Å². The van der Waals surface area contributed by atoms with Crippen LogP contribution in [0.3, 0.4) is 0 Å². The minimum Gasteiger partial charge on any atom is -0.481 e. The van der Waals surface area contributed by atoms with Gasteiger partial charge in [-0.3, -0.25) is 14.0 Å². The molecule has 0 aliphatic carbocycles. The van der Waals surface area contributed by atoms with Crippen molar-refractivity contribution in [3.05, 3.63) is 0 Å². The third-order valence-electron chi connectivity index (χ3n) is 2.53. The number of carbonyl (C=O) groups is 3. The Morgan fingerprint density at radius 1 is 1.18 bits per heavy atom. The number of halogens is 4. The van der Waals surface area contributed by atoms with Crippen LogP contribution < -0.4 is 5.32 Å². The molecule has 0 radical (unpaired) electrons. The lowest BCUT2D eigenvalue weighted by Gasteiger charge is -2.26. The van der Waals surface area contributed by atoms with E-state index in [2.05, 4.69) is 4.74 Å². The van der Waals surface area contributed by atoms with Crippen molar-refractivity contribution in [2.45, 2.75) is 31.5 Å². The summed E-state index contributed by atoms with van der Waals surface area (Å²) in [6, 6.07) is -2.82. The van der Waals surface area contributed by atoms with E-state index in [0.717, 1.165) is 0 Å². The second kappa shape index (κ2) is 9.05. The van der Waals surface area contributed by atoms with E-state index in [4.69, 9.17) is 10.2 Å². The molecule has 0 aromatic carbocycles. The molecule has 0 saturated heterocycles. The van der Waals surface area contributed by atoms with E-state index in [1.807, 2.05) is 0 Å². The Morgan fingerprint density at radius 3 is 2.18 bits per heavy atom. The summed E-state index contributed by atoms with van der Waals surface area (Å²) in [6.45, 7) is -1.31. The number of amides is 1. The molecule has 0 aliphatic rings. The van der Waals surface area contributed by atoms with Gasteiger partial charge in [-0.1, -0.05) is 0 Å². The molecule has 0 heterocycles. The van der Waals surface area contributed by atoms with Crippen molar-refractivity contribution >= 4 is 18.0 Å². The predicted molar refractivity (Wildman–Crippen MR) is 62.9 cm³/mol. The molecule has 0 fully saturated rings. The summed E-state index contributed by atoms with van der Waals surface area (Å²) in [4.78, 5) is 32.5. The highest BCUT2D eigenvalue weighted by molar-refractivity contribution is 5.75. The van der Waals surface area contributed by atoms with Gasteiger partial charge < -0.3 is 20.3 Å². The average Bonchev–Trinajstić information content (AvgIpc) is 2.36. The first-order chi connectivity index (χ1) is 10.1. The summed E-state index contributed by atoms with van der Waals surface area (Å²) in [5.41, 5.74) is 0. The zero-order valence-electron chi connectivity index (χ0n) is 11.2. The van der Waals surface area contributed by atoms with Gasteiger partial charge in [-0.05, 0) is 6.42 Å². The van der Waals surface area contributed by atoms with Crippen molar-refractivity contribution in [2.24, 2.45) is 5.92 Å². The van der Waals surface area contributed by atoms with Crippen LogP contribution in [0.4, 0.5) is 22.4 Å². The number of alkyl halides is 4. The molecular formula is C11H15F4NO6. The molecule has 0 saturated carbocycles. The standard InChI is InChI=1S/C11H15F4NO6/c12-4-1-5-22-10(21)16-8(11(13,14)15)6(9(19)20)2-3-7(17)18/h6,8H,1-5H2,(H,16,21)(H,17,18)(H,19,20). The van der Waals surface area contributed by atoms with Crippen LogP contribution in [0.25, 0.3) is 0 Å². The summed E-state index contributed by atoms with van der Waals surface area (Å²) >= 11 is 0. The van der Waals surface area contributed by atoms with Gasteiger partial charge in [0.15, 0.2) is 0 Å². The van der Waals surface area contributed by atoms with Gasteiger partial charge in [0, 0.05) is 12.8 Å². The first-order valence-electron chi connectivity index (χ1n) is 6.10. The maximum atomic E-state index is 12.9. The lowest BCUT2D eigenvalue weighted by atomic mass is 9.94. The van der Waals surface area contributed by atoms with Crippen molar-refractivity contribution < 1.29 is 46.9 Å². The SMILES string of the molecule is O=C(O)CCC(C(=O)O)C(NC(=O)OCCCF)C(F)(F)F. The molecule has 3 N–H and O–H groups in total. The largest absolute Gasteiger partial charge is 0.481 e. The van der Waals surface area contributed by atoms with Crippen molar-refractivity contribution in [3.63, 3.8) is 0 Å². The average molecular weight is 333 g/mol. The minimum atomic E-state index is -5.12. The normalized spacial score (nSPS) is 14.0. The molecule has 7 nitrogen and oxygen atoms in total. The van der Waals surface area contributed by atoms with Crippen LogP contribution in [0.2, 0.25) is 0 Å². The fraction of sp³-hybridized carbons (Fsp3) is 0.727. The molecule has 0 spiro atoms. The Hall–Kier alpha value is -2.07. The van der Waals surface area contributed by atoms with E-state index in [9.17, 15) is 31.9 Å². The Kier molecular flexibility index (Phi) is 8.20. The molecule has 2 unspecified atom stereocenters. The highest BCUT2D eigenvalue weighted by Gasteiger charge is 2.48. The highest BCUT2D eigenvalue weighted by Crippen LogP contribution is 2.28. The molecule has 0 bridgehead atoms. The molecule has 2 atom stereocenters. The molecule has 0 aromatic heterocycles. The number of nitrogens with one attached hydrogen (secondary N) is 1. The zero-order valence-corrected chi connectivity index (χ0v) is 11.2. The molecule has 0 rings (SSSR count). The first-order valence-corrected chi connectivity index (χ1v) is 6.10. The molecule has 22 heavy (non-hydrogen) atoms. The summed E-state index contributed by atoms with van der Waals surface area (Å²) < 4.78 is 54.6. The number of carboxylic acid groups (broad SMARTS) is 2. The van der Waals surface area contributed by atoms with E-state index < -0.39 is 62.3 Å². The number of aliphatic carboxylic acids is 2. The number of alkyl carbamates (subject to hydrolysis) is 1. The fourth-order valence-electron chi connectivity index (χ4n) is 1.51. The summed E-state index contributed by atoms with van der Waals surface area (Å²) in [5, 5.41) is 18.6. The van der Waals surface area contributed by atoms with Gasteiger partial charge >= 0.3 is 24.2 Å². The van der Waals surface area contributed by atoms with E-state index in [1.165, 1.54) is 5.32 Å². The topological polar surface area (TPSA) is 113 Å². The van der Waals surface area contributed by atoms with Crippen LogP contribution >= 0.6 is 0 Å². The maximum Gasteiger partial charge on any atom is 0.409 e. The quantitative estimate of drug-likeness (QED) is 0.436. The third-order valence-corrected chi connectivity index (χ3v) is 2.53. The van der Waals surface area contributed by atoms with Crippen LogP contribution in [-0.4, -0.2) is 53.7 Å². The second-order valence-corrected chi connectivity index (χ2v) is 4.22. The van der Waals surface area contributed by atoms with Gasteiger partial charge in [0.25, 0.3) is 0 Å². The van der Waals surface area contributed by atoms with Crippen molar-refractivity contribution in [3.8, 4) is 0 Å². The summed E-state index contributed by atoms with van der Waals surface area (Å²) in [7, 11) is 0. The van der Waals surface area contributed by atoms with Crippen LogP contribution in [0.15, 0.2) is 0 Å². The van der Waals surface area contributed by atoms with E-state index in [0.29, 0.717) is 0 Å².